The van der Waals surface area contributed by atoms with Gasteiger partial charge in [0.1, 0.15) is 0 Å². The van der Waals surface area contributed by atoms with E-state index in [1.54, 1.807) is 31.2 Å². The highest BCUT2D eigenvalue weighted by molar-refractivity contribution is 5.96. The number of hydrogen-bond donors (Lipinski definition) is 1. The van der Waals surface area contributed by atoms with E-state index in [0.717, 1.165) is 0 Å². The highest BCUT2D eigenvalue weighted by Crippen LogP contribution is 2.11. The molecule has 1 atom stereocenters. The Kier molecular flexibility index (Phi) is 4.53. The summed E-state index contributed by atoms with van der Waals surface area (Å²) < 4.78 is 9.76. The van der Waals surface area contributed by atoms with Gasteiger partial charge in [-0.3, -0.25) is 4.79 Å². The number of nitriles is 1. The summed E-state index contributed by atoms with van der Waals surface area (Å²) in [7, 11) is 0. The number of aromatic nitrogens is 1. The molecule has 0 aliphatic carbocycles. The summed E-state index contributed by atoms with van der Waals surface area (Å²) in [5.74, 6) is -1.31. The summed E-state index contributed by atoms with van der Waals surface area (Å²) in [6, 6.07) is 9.72. The number of nitrogens with zero attached hydrogens (tertiary/aromatic N) is 2. The number of aryl methyl sites for hydroxylation is 1. The monoisotopic (exact) mass is 299 g/mol. The summed E-state index contributed by atoms with van der Waals surface area (Å²) in [5.41, 5.74) is 1.53. The van der Waals surface area contributed by atoms with E-state index in [0.29, 0.717) is 16.9 Å². The Morgan fingerprint density at radius 3 is 2.59 bits per heavy atom. The highest BCUT2D eigenvalue weighted by Gasteiger charge is 2.21. The van der Waals surface area contributed by atoms with Crippen molar-refractivity contribution >= 4 is 17.6 Å². The van der Waals surface area contributed by atoms with Crippen molar-refractivity contribution in [2.45, 2.75) is 20.0 Å². The van der Waals surface area contributed by atoms with Crippen LogP contribution in [-0.4, -0.2) is 23.1 Å². The molecule has 1 aromatic carbocycles. The van der Waals surface area contributed by atoms with Crippen LogP contribution < -0.4 is 5.32 Å². The van der Waals surface area contributed by atoms with Gasteiger partial charge in [0.05, 0.1) is 17.3 Å². The van der Waals surface area contributed by atoms with E-state index in [4.69, 9.17) is 14.5 Å². The van der Waals surface area contributed by atoms with E-state index < -0.39 is 18.0 Å². The maximum absolute atomic E-state index is 11.9. The Morgan fingerprint density at radius 1 is 1.36 bits per heavy atom. The third kappa shape index (κ3) is 3.70. The van der Waals surface area contributed by atoms with Gasteiger partial charge in [-0.1, -0.05) is 5.16 Å². The van der Waals surface area contributed by atoms with Crippen molar-refractivity contribution < 1.29 is 18.8 Å². The molecular weight excluding hydrogens is 286 g/mol. The van der Waals surface area contributed by atoms with Gasteiger partial charge in [0, 0.05) is 11.8 Å². The van der Waals surface area contributed by atoms with E-state index >= 15 is 0 Å². The van der Waals surface area contributed by atoms with Crippen LogP contribution in [0.3, 0.4) is 0 Å². The number of nitrogens with one attached hydrogen (secondary N) is 1. The van der Waals surface area contributed by atoms with Gasteiger partial charge in [-0.25, -0.2) is 4.79 Å². The van der Waals surface area contributed by atoms with Crippen molar-refractivity contribution in [1.29, 1.82) is 5.26 Å². The summed E-state index contributed by atoms with van der Waals surface area (Å²) in [6.45, 7) is 3.11. The molecule has 0 aliphatic rings. The van der Waals surface area contributed by atoms with Crippen LogP contribution in [-0.2, 0) is 9.53 Å². The predicted octanol–water partition coefficient (Wildman–Crippen LogP) is 2.04. The number of amides is 1. The second-order valence-corrected chi connectivity index (χ2v) is 4.56. The van der Waals surface area contributed by atoms with Crippen LogP contribution in [0.1, 0.15) is 28.7 Å². The first-order valence-electron chi connectivity index (χ1n) is 6.45. The second-order valence-electron chi connectivity index (χ2n) is 4.56. The summed E-state index contributed by atoms with van der Waals surface area (Å²) in [5, 5.41) is 14.9. The molecular formula is C15H13N3O4. The standard InChI is InChI=1S/C15H13N3O4/c1-9-7-13(22-18-9)15(20)21-10(2)14(19)17-12-5-3-11(8-16)4-6-12/h3-7,10H,1-2H3,(H,17,19)/t10-/m1/s1. The lowest BCUT2D eigenvalue weighted by atomic mass is 10.2. The molecule has 0 saturated heterocycles. The van der Waals surface area contributed by atoms with Gasteiger partial charge < -0.3 is 14.6 Å². The molecule has 0 saturated carbocycles. The van der Waals surface area contributed by atoms with Crippen molar-refractivity contribution in [3.05, 3.63) is 47.3 Å². The number of carbonyl (C=O) groups is 2. The van der Waals surface area contributed by atoms with Gasteiger partial charge in [-0.05, 0) is 38.1 Å². The molecule has 1 amide bonds. The largest absolute Gasteiger partial charge is 0.447 e. The zero-order valence-electron chi connectivity index (χ0n) is 12.0. The molecule has 0 aliphatic heterocycles. The number of rotatable bonds is 4. The smallest absolute Gasteiger partial charge is 0.377 e. The van der Waals surface area contributed by atoms with Crippen molar-refractivity contribution in [2.24, 2.45) is 0 Å². The van der Waals surface area contributed by atoms with Crippen LogP contribution in [0.15, 0.2) is 34.9 Å². The van der Waals surface area contributed by atoms with Crippen molar-refractivity contribution in [1.82, 2.24) is 5.16 Å². The van der Waals surface area contributed by atoms with Gasteiger partial charge in [-0.2, -0.15) is 5.26 Å². The van der Waals surface area contributed by atoms with Crippen LogP contribution in [0.25, 0.3) is 0 Å². The first-order chi connectivity index (χ1) is 10.5. The number of carbonyl (C=O) groups excluding carboxylic acids is 2. The number of anilines is 1. The number of ether oxygens (including phenoxy) is 1. The molecule has 0 fully saturated rings. The Morgan fingerprint density at radius 2 is 2.05 bits per heavy atom. The van der Waals surface area contributed by atoms with Crippen molar-refractivity contribution in [2.75, 3.05) is 5.32 Å². The van der Waals surface area contributed by atoms with E-state index in [2.05, 4.69) is 10.5 Å². The predicted molar refractivity (Wildman–Crippen MR) is 75.9 cm³/mol. The zero-order chi connectivity index (χ0) is 16.1. The molecule has 112 valence electrons. The van der Waals surface area contributed by atoms with Crippen molar-refractivity contribution in [3.63, 3.8) is 0 Å². The van der Waals surface area contributed by atoms with Crippen LogP contribution in [0.2, 0.25) is 0 Å². The lowest BCUT2D eigenvalue weighted by Gasteiger charge is -2.12. The molecule has 0 spiro atoms. The summed E-state index contributed by atoms with van der Waals surface area (Å²) >= 11 is 0. The lowest BCUT2D eigenvalue weighted by Crippen LogP contribution is -2.29. The molecule has 22 heavy (non-hydrogen) atoms. The fraction of sp³-hybridized carbons (Fsp3) is 0.200. The van der Waals surface area contributed by atoms with Crippen LogP contribution in [0, 0.1) is 18.3 Å². The van der Waals surface area contributed by atoms with Crippen molar-refractivity contribution in [3.8, 4) is 6.07 Å². The van der Waals surface area contributed by atoms with E-state index in [1.165, 1.54) is 13.0 Å². The SMILES string of the molecule is Cc1cc(C(=O)O[C@H](C)C(=O)Nc2ccc(C#N)cc2)on1. The third-order valence-electron chi connectivity index (χ3n) is 2.76. The van der Waals surface area contributed by atoms with Crippen LogP contribution in [0.4, 0.5) is 5.69 Å². The Bertz CT molecular complexity index is 728. The van der Waals surface area contributed by atoms with E-state index in [-0.39, 0.29) is 5.76 Å². The van der Waals surface area contributed by atoms with E-state index in [1.807, 2.05) is 6.07 Å². The Balaban J connectivity index is 1.94. The average molecular weight is 299 g/mol. The minimum absolute atomic E-state index is 0.0597. The van der Waals surface area contributed by atoms with Gasteiger partial charge >= 0.3 is 5.97 Å². The molecule has 1 N–H and O–H groups in total. The maximum atomic E-state index is 11.9. The molecule has 2 rings (SSSR count). The molecule has 0 bridgehead atoms. The molecule has 0 unspecified atom stereocenters. The molecule has 2 aromatic rings. The maximum Gasteiger partial charge on any atom is 0.377 e. The number of benzene rings is 1. The van der Waals surface area contributed by atoms with Gasteiger partial charge in [0.15, 0.2) is 6.10 Å². The molecule has 0 radical (unpaired) electrons. The Labute approximate surface area is 126 Å². The topological polar surface area (TPSA) is 105 Å². The lowest BCUT2D eigenvalue weighted by molar-refractivity contribution is -0.123. The molecule has 7 nitrogen and oxygen atoms in total. The second kappa shape index (κ2) is 6.54. The summed E-state index contributed by atoms with van der Waals surface area (Å²) in [6.07, 6.45) is -1.01. The highest BCUT2D eigenvalue weighted by atomic mass is 16.6. The molecule has 1 heterocycles. The van der Waals surface area contributed by atoms with E-state index in [9.17, 15) is 9.59 Å². The van der Waals surface area contributed by atoms with Gasteiger partial charge in [0.25, 0.3) is 5.91 Å². The minimum Gasteiger partial charge on any atom is -0.447 e. The fourth-order valence-electron chi connectivity index (χ4n) is 1.60. The Hall–Kier alpha value is -3.14. The van der Waals surface area contributed by atoms with Gasteiger partial charge in [-0.15, -0.1) is 0 Å². The number of esters is 1. The zero-order valence-corrected chi connectivity index (χ0v) is 12.0. The van der Waals surface area contributed by atoms with Crippen LogP contribution >= 0.6 is 0 Å². The molecule has 7 heteroatoms. The first kappa shape index (κ1) is 15.3. The summed E-state index contributed by atoms with van der Waals surface area (Å²) in [4.78, 5) is 23.7. The average Bonchev–Trinajstić information content (AvgIpc) is 2.94. The minimum atomic E-state index is -1.01. The third-order valence-corrected chi connectivity index (χ3v) is 2.76. The first-order valence-corrected chi connectivity index (χ1v) is 6.45. The van der Waals surface area contributed by atoms with Crippen LogP contribution in [0.5, 0.6) is 0 Å². The quantitative estimate of drug-likeness (QED) is 0.866. The van der Waals surface area contributed by atoms with Gasteiger partial charge in [0.2, 0.25) is 5.76 Å². The normalized spacial score (nSPS) is 11.3. The molecule has 1 aromatic heterocycles. The fourth-order valence-corrected chi connectivity index (χ4v) is 1.60. The number of hydrogen-bond acceptors (Lipinski definition) is 6.